The number of anilines is 2. The predicted octanol–water partition coefficient (Wildman–Crippen LogP) is 3.36. The summed E-state index contributed by atoms with van der Waals surface area (Å²) >= 11 is 0. The van der Waals surface area contributed by atoms with E-state index in [1.165, 1.54) is 12.8 Å². The Morgan fingerprint density at radius 2 is 2.17 bits per heavy atom. The second-order valence-electron chi connectivity index (χ2n) is 4.62. The molecule has 1 aromatic carbocycles. The summed E-state index contributed by atoms with van der Waals surface area (Å²) in [6.45, 7) is 4.19. The minimum atomic E-state index is -0.176. The lowest BCUT2D eigenvalue weighted by molar-refractivity contribution is 0.248. The Balaban J connectivity index is 2.32. The second kappa shape index (κ2) is 7.58. The molecular formula is C14H23N3O. The van der Waals surface area contributed by atoms with Gasteiger partial charge in [-0.25, -0.2) is 4.79 Å². The van der Waals surface area contributed by atoms with E-state index in [0.29, 0.717) is 11.4 Å². The number of hydrogen-bond acceptors (Lipinski definition) is 2. The molecule has 4 N–H and O–H groups in total. The van der Waals surface area contributed by atoms with Gasteiger partial charge in [0.15, 0.2) is 0 Å². The molecule has 0 heterocycles. The van der Waals surface area contributed by atoms with Gasteiger partial charge in [0.05, 0.1) is 0 Å². The van der Waals surface area contributed by atoms with Crippen molar-refractivity contribution in [2.24, 2.45) is 0 Å². The van der Waals surface area contributed by atoms with Crippen LogP contribution in [0.3, 0.4) is 0 Å². The number of urea groups is 1. The van der Waals surface area contributed by atoms with Gasteiger partial charge in [0.25, 0.3) is 0 Å². The van der Waals surface area contributed by atoms with Gasteiger partial charge in [-0.1, -0.05) is 32.3 Å². The van der Waals surface area contributed by atoms with Crippen LogP contribution in [0.5, 0.6) is 0 Å². The number of carbonyl (C=O) groups is 1. The number of rotatable bonds is 6. The van der Waals surface area contributed by atoms with Gasteiger partial charge in [-0.2, -0.15) is 0 Å². The number of amides is 2. The Morgan fingerprint density at radius 3 is 2.83 bits per heavy atom. The Morgan fingerprint density at radius 1 is 1.39 bits per heavy atom. The van der Waals surface area contributed by atoms with Gasteiger partial charge in [0.1, 0.15) is 0 Å². The monoisotopic (exact) mass is 249 g/mol. The minimum Gasteiger partial charge on any atom is -0.399 e. The molecule has 0 fully saturated rings. The van der Waals surface area contributed by atoms with Crippen LogP contribution in [0.15, 0.2) is 24.3 Å². The summed E-state index contributed by atoms with van der Waals surface area (Å²) in [6.07, 6.45) is 4.57. The van der Waals surface area contributed by atoms with Gasteiger partial charge < -0.3 is 16.4 Å². The molecule has 0 aliphatic carbocycles. The molecular weight excluding hydrogens is 226 g/mol. The number of carbonyl (C=O) groups excluding carboxylic acids is 1. The molecule has 4 heteroatoms. The van der Waals surface area contributed by atoms with Crippen LogP contribution in [-0.2, 0) is 0 Å². The SMILES string of the molecule is CCCCCC(C)NC(=O)Nc1cccc(N)c1. The highest BCUT2D eigenvalue weighted by molar-refractivity contribution is 5.89. The summed E-state index contributed by atoms with van der Waals surface area (Å²) in [5, 5.41) is 5.69. The molecule has 2 amide bonds. The van der Waals surface area contributed by atoms with Crippen molar-refractivity contribution in [2.75, 3.05) is 11.1 Å². The van der Waals surface area contributed by atoms with Crippen molar-refractivity contribution in [1.29, 1.82) is 0 Å². The Kier molecular flexibility index (Phi) is 6.05. The van der Waals surface area contributed by atoms with E-state index in [9.17, 15) is 4.79 Å². The Bertz CT molecular complexity index is 379. The largest absolute Gasteiger partial charge is 0.399 e. The topological polar surface area (TPSA) is 67.2 Å². The molecule has 1 unspecified atom stereocenters. The molecule has 0 aromatic heterocycles. The van der Waals surface area contributed by atoms with Gasteiger partial charge >= 0.3 is 6.03 Å². The molecule has 1 atom stereocenters. The zero-order valence-electron chi connectivity index (χ0n) is 11.2. The Labute approximate surface area is 109 Å². The zero-order chi connectivity index (χ0) is 13.4. The maximum atomic E-state index is 11.7. The summed E-state index contributed by atoms with van der Waals surface area (Å²) in [4.78, 5) is 11.7. The Hall–Kier alpha value is -1.71. The van der Waals surface area contributed by atoms with E-state index in [1.807, 2.05) is 19.1 Å². The van der Waals surface area contributed by atoms with Gasteiger partial charge in [-0.3, -0.25) is 0 Å². The van der Waals surface area contributed by atoms with E-state index in [1.54, 1.807) is 12.1 Å². The number of hydrogen-bond donors (Lipinski definition) is 3. The molecule has 100 valence electrons. The van der Waals surface area contributed by atoms with Gasteiger partial charge in [-0.05, 0) is 31.5 Å². The van der Waals surface area contributed by atoms with Crippen molar-refractivity contribution in [1.82, 2.24) is 5.32 Å². The standard InChI is InChI=1S/C14H23N3O/c1-3-4-5-7-11(2)16-14(18)17-13-9-6-8-12(15)10-13/h6,8-11H,3-5,7,15H2,1-2H3,(H2,16,17,18). The smallest absolute Gasteiger partial charge is 0.319 e. The minimum absolute atomic E-state index is 0.176. The van der Waals surface area contributed by atoms with Gasteiger partial charge in [-0.15, -0.1) is 0 Å². The predicted molar refractivity (Wildman–Crippen MR) is 76.6 cm³/mol. The molecule has 0 radical (unpaired) electrons. The third-order valence-electron chi connectivity index (χ3n) is 2.76. The third-order valence-corrected chi connectivity index (χ3v) is 2.76. The molecule has 0 spiro atoms. The number of unbranched alkanes of at least 4 members (excludes halogenated alkanes) is 2. The van der Waals surface area contributed by atoms with E-state index in [-0.39, 0.29) is 12.1 Å². The van der Waals surface area contributed by atoms with E-state index >= 15 is 0 Å². The molecule has 0 aliphatic heterocycles. The summed E-state index contributed by atoms with van der Waals surface area (Å²) in [6, 6.07) is 7.17. The van der Waals surface area contributed by atoms with Crippen LogP contribution in [0.4, 0.5) is 16.2 Å². The first kappa shape index (κ1) is 14.4. The fourth-order valence-electron chi connectivity index (χ4n) is 1.78. The molecule has 0 bridgehead atoms. The van der Waals surface area contributed by atoms with Crippen LogP contribution in [0.1, 0.15) is 39.5 Å². The first-order valence-electron chi connectivity index (χ1n) is 6.55. The lowest BCUT2D eigenvalue weighted by Gasteiger charge is -2.14. The van der Waals surface area contributed by atoms with E-state index < -0.39 is 0 Å². The van der Waals surface area contributed by atoms with Crippen molar-refractivity contribution in [2.45, 2.75) is 45.6 Å². The lowest BCUT2D eigenvalue weighted by atomic mass is 10.1. The second-order valence-corrected chi connectivity index (χ2v) is 4.62. The lowest BCUT2D eigenvalue weighted by Crippen LogP contribution is -2.36. The van der Waals surface area contributed by atoms with Crippen molar-refractivity contribution in [3.05, 3.63) is 24.3 Å². The van der Waals surface area contributed by atoms with Crippen LogP contribution < -0.4 is 16.4 Å². The zero-order valence-corrected chi connectivity index (χ0v) is 11.2. The number of nitrogens with one attached hydrogen (secondary N) is 2. The molecule has 4 nitrogen and oxygen atoms in total. The first-order chi connectivity index (χ1) is 8.61. The quantitative estimate of drug-likeness (QED) is 0.534. The highest BCUT2D eigenvalue weighted by Crippen LogP contribution is 2.11. The average molecular weight is 249 g/mol. The fourth-order valence-corrected chi connectivity index (χ4v) is 1.78. The molecule has 18 heavy (non-hydrogen) atoms. The first-order valence-corrected chi connectivity index (χ1v) is 6.55. The van der Waals surface area contributed by atoms with Crippen LogP contribution >= 0.6 is 0 Å². The molecule has 0 aliphatic rings. The van der Waals surface area contributed by atoms with Crippen LogP contribution in [-0.4, -0.2) is 12.1 Å². The summed E-state index contributed by atoms with van der Waals surface area (Å²) in [5.74, 6) is 0. The molecule has 0 saturated heterocycles. The van der Waals surface area contributed by atoms with Gasteiger partial charge in [0, 0.05) is 17.4 Å². The normalized spacial score (nSPS) is 11.9. The van der Waals surface area contributed by atoms with Crippen LogP contribution in [0.25, 0.3) is 0 Å². The third kappa shape index (κ3) is 5.57. The maximum Gasteiger partial charge on any atom is 0.319 e. The van der Waals surface area contributed by atoms with Crippen molar-refractivity contribution in [3.8, 4) is 0 Å². The molecule has 0 saturated carbocycles. The number of nitrogens with two attached hydrogens (primary N) is 1. The number of benzene rings is 1. The fraction of sp³-hybridized carbons (Fsp3) is 0.500. The van der Waals surface area contributed by atoms with Gasteiger partial charge in [0.2, 0.25) is 0 Å². The molecule has 1 aromatic rings. The average Bonchev–Trinajstić information content (AvgIpc) is 2.29. The van der Waals surface area contributed by atoms with E-state index in [0.717, 1.165) is 12.8 Å². The van der Waals surface area contributed by atoms with Crippen molar-refractivity contribution in [3.63, 3.8) is 0 Å². The summed E-state index contributed by atoms with van der Waals surface area (Å²) in [7, 11) is 0. The summed E-state index contributed by atoms with van der Waals surface area (Å²) in [5.41, 5.74) is 7.00. The summed E-state index contributed by atoms with van der Waals surface area (Å²) < 4.78 is 0. The highest BCUT2D eigenvalue weighted by Gasteiger charge is 2.06. The maximum absolute atomic E-state index is 11.7. The molecule has 1 rings (SSSR count). The van der Waals surface area contributed by atoms with Crippen LogP contribution in [0.2, 0.25) is 0 Å². The van der Waals surface area contributed by atoms with E-state index in [2.05, 4.69) is 17.6 Å². The van der Waals surface area contributed by atoms with E-state index in [4.69, 9.17) is 5.73 Å². The van der Waals surface area contributed by atoms with Crippen LogP contribution in [0, 0.1) is 0 Å². The van der Waals surface area contributed by atoms with Crippen molar-refractivity contribution < 1.29 is 4.79 Å². The van der Waals surface area contributed by atoms with Crippen molar-refractivity contribution >= 4 is 17.4 Å². The number of nitrogen functional groups attached to an aromatic ring is 1. The highest BCUT2D eigenvalue weighted by atomic mass is 16.2.